The molecule has 10 heteroatoms. The van der Waals surface area contributed by atoms with Crippen molar-refractivity contribution in [3.63, 3.8) is 0 Å². The number of methoxy groups -OCH3 is 1. The quantitative estimate of drug-likeness (QED) is 0.383. The van der Waals surface area contributed by atoms with E-state index in [-0.39, 0.29) is 5.91 Å². The van der Waals surface area contributed by atoms with Crippen LogP contribution in [0.15, 0.2) is 28.6 Å². The largest absolute Gasteiger partial charge is 0.383 e. The lowest BCUT2D eigenvalue weighted by atomic mass is 10.2. The summed E-state index contributed by atoms with van der Waals surface area (Å²) >= 11 is 2.81. The molecule has 152 valence electrons. The van der Waals surface area contributed by atoms with Crippen molar-refractivity contribution >= 4 is 39.8 Å². The van der Waals surface area contributed by atoms with Gasteiger partial charge in [-0.05, 0) is 12.1 Å². The van der Waals surface area contributed by atoms with E-state index in [1.54, 1.807) is 7.11 Å². The molecule has 1 aromatic carbocycles. The fourth-order valence-electron chi connectivity index (χ4n) is 2.76. The van der Waals surface area contributed by atoms with Crippen molar-refractivity contribution in [2.45, 2.75) is 10.9 Å². The number of rotatable bonds is 10. The minimum absolute atomic E-state index is 0.0550. The van der Waals surface area contributed by atoms with Crippen LogP contribution in [0.2, 0.25) is 0 Å². The number of ether oxygens (including phenoxy) is 2. The summed E-state index contributed by atoms with van der Waals surface area (Å²) in [4.78, 5) is 13.7. The first-order valence-corrected chi connectivity index (χ1v) is 11.0. The Labute approximate surface area is 173 Å². The lowest BCUT2D eigenvalue weighted by Gasteiger charge is -2.23. The molecule has 2 aromatic rings. The highest BCUT2D eigenvalue weighted by molar-refractivity contribution is 8.01. The van der Waals surface area contributed by atoms with Gasteiger partial charge in [-0.1, -0.05) is 35.2 Å². The van der Waals surface area contributed by atoms with E-state index < -0.39 is 0 Å². The first kappa shape index (κ1) is 21.0. The molecule has 3 N–H and O–H groups in total. The lowest BCUT2D eigenvalue weighted by Crippen LogP contribution is -3.12. The average Bonchev–Trinajstić information content (AvgIpc) is 3.17. The van der Waals surface area contributed by atoms with Gasteiger partial charge >= 0.3 is 0 Å². The molecule has 0 unspecified atom stereocenters. The molecule has 3 rings (SSSR count). The Morgan fingerprint density at radius 2 is 2.07 bits per heavy atom. The molecule has 0 saturated carbocycles. The van der Waals surface area contributed by atoms with Gasteiger partial charge in [0.25, 0.3) is 0 Å². The molecule has 8 nitrogen and oxygen atoms in total. The number of carbonyl (C=O) groups excluding carboxylic acids is 1. The van der Waals surface area contributed by atoms with Gasteiger partial charge in [0.15, 0.2) is 4.34 Å². The fraction of sp³-hybridized carbons (Fsp3) is 0.500. The zero-order valence-electron chi connectivity index (χ0n) is 15.9. The molecule has 1 aliphatic heterocycles. The van der Waals surface area contributed by atoms with Crippen molar-refractivity contribution in [3.8, 4) is 0 Å². The molecule has 1 fully saturated rings. The third-order valence-corrected chi connectivity index (χ3v) is 6.22. The standard InChI is InChI=1S/C18H25N5O3S2/c1-25-9-6-19-17-21-22-18(28-17)27-13-16(24)20-15-4-2-14(3-5-15)12-23-7-10-26-11-8-23/h2-5H,6-13H2,1H3,(H,19,21)(H,20,24)/p+1. The van der Waals surface area contributed by atoms with Gasteiger partial charge in [0, 0.05) is 24.9 Å². The van der Waals surface area contributed by atoms with E-state index in [0.717, 1.165) is 48.0 Å². The van der Waals surface area contributed by atoms with E-state index in [0.29, 0.717) is 18.9 Å². The van der Waals surface area contributed by atoms with Gasteiger partial charge in [-0.25, -0.2) is 0 Å². The molecule has 1 aromatic heterocycles. The van der Waals surface area contributed by atoms with Gasteiger partial charge in [-0.2, -0.15) is 0 Å². The second-order valence-corrected chi connectivity index (χ2v) is 8.57. The molecule has 1 saturated heterocycles. The topological polar surface area (TPSA) is 89.8 Å². The van der Waals surface area contributed by atoms with Gasteiger partial charge in [0.2, 0.25) is 11.0 Å². The van der Waals surface area contributed by atoms with Crippen LogP contribution in [0, 0.1) is 0 Å². The third kappa shape index (κ3) is 7.02. The van der Waals surface area contributed by atoms with Gasteiger partial charge in [0.1, 0.15) is 19.6 Å². The van der Waals surface area contributed by atoms with Crippen LogP contribution in [-0.2, 0) is 20.8 Å². The summed E-state index contributed by atoms with van der Waals surface area (Å²) in [5.41, 5.74) is 2.08. The number of quaternary nitrogens is 1. The monoisotopic (exact) mass is 424 g/mol. The van der Waals surface area contributed by atoms with Crippen LogP contribution in [0.4, 0.5) is 10.8 Å². The summed E-state index contributed by atoms with van der Waals surface area (Å²) < 4.78 is 11.1. The third-order valence-electron chi connectivity index (χ3n) is 4.21. The highest BCUT2D eigenvalue weighted by atomic mass is 32.2. The first-order chi connectivity index (χ1) is 13.7. The SMILES string of the molecule is COCCNc1nnc(SCC(=O)Nc2ccc(C[NH+]3CCOCC3)cc2)s1. The number of anilines is 2. The number of hydrogen-bond donors (Lipinski definition) is 3. The van der Waals surface area contributed by atoms with Crippen LogP contribution in [-0.4, -0.2) is 68.4 Å². The van der Waals surface area contributed by atoms with Crippen molar-refractivity contribution in [1.82, 2.24) is 10.2 Å². The molecule has 0 aliphatic carbocycles. The molecule has 1 amide bonds. The van der Waals surface area contributed by atoms with E-state index in [1.807, 2.05) is 12.1 Å². The van der Waals surface area contributed by atoms with Crippen molar-refractivity contribution in [2.24, 2.45) is 0 Å². The van der Waals surface area contributed by atoms with Crippen LogP contribution < -0.4 is 15.5 Å². The Balaban J connectivity index is 1.39. The summed E-state index contributed by atoms with van der Waals surface area (Å²) in [6.45, 7) is 6.04. The second kappa shape index (κ2) is 11.3. The van der Waals surface area contributed by atoms with E-state index in [2.05, 4.69) is 33.0 Å². The number of nitrogens with zero attached hydrogens (tertiary/aromatic N) is 2. The molecular formula is C18H26N5O3S2+. The highest BCUT2D eigenvalue weighted by Crippen LogP contribution is 2.25. The Morgan fingerprint density at radius 3 is 2.82 bits per heavy atom. The molecule has 0 atom stereocenters. The summed E-state index contributed by atoms with van der Waals surface area (Å²) in [7, 11) is 1.65. The van der Waals surface area contributed by atoms with Gasteiger partial charge in [-0.3, -0.25) is 4.79 Å². The maximum Gasteiger partial charge on any atom is 0.234 e. The first-order valence-electron chi connectivity index (χ1n) is 9.22. The van der Waals surface area contributed by atoms with Crippen LogP contribution in [0.5, 0.6) is 0 Å². The number of aromatic nitrogens is 2. The lowest BCUT2D eigenvalue weighted by molar-refractivity contribution is -0.921. The Bertz CT molecular complexity index is 735. The number of hydrogen-bond acceptors (Lipinski definition) is 8. The Morgan fingerprint density at radius 1 is 1.29 bits per heavy atom. The smallest absolute Gasteiger partial charge is 0.234 e. The minimum atomic E-state index is -0.0550. The Hall–Kier alpha value is -1.72. The van der Waals surface area contributed by atoms with E-state index in [1.165, 1.54) is 33.6 Å². The molecular weight excluding hydrogens is 398 g/mol. The molecule has 0 bridgehead atoms. The van der Waals surface area contributed by atoms with E-state index >= 15 is 0 Å². The Kier molecular flexibility index (Phi) is 8.49. The predicted octanol–water partition coefficient (Wildman–Crippen LogP) is 0.742. The summed E-state index contributed by atoms with van der Waals surface area (Å²) in [5, 5.41) is 14.9. The summed E-state index contributed by atoms with van der Waals surface area (Å²) in [6, 6.07) is 8.07. The number of thioether (sulfide) groups is 1. The van der Waals surface area contributed by atoms with Crippen molar-refractivity contribution in [2.75, 3.05) is 63.0 Å². The zero-order chi connectivity index (χ0) is 19.6. The number of morpholine rings is 1. The average molecular weight is 425 g/mol. The molecule has 1 aliphatic rings. The second-order valence-electron chi connectivity index (χ2n) is 6.37. The normalized spacial score (nSPS) is 14.8. The number of carbonyl (C=O) groups is 1. The number of amides is 1. The zero-order valence-corrected chi connectivity index (χ0v) is 17.5. The van der Waals surface area contributed by atoms with Gasteiger partial charge < -0.3 is 25.0 Å². The maximum absolute atomic E-state index is 12.2. The van der Waals surface area contributed by atoms with Crippen molar-refractivity contribution in [1.29, 1.82) is 0 Å². The van der Waals surface area contributed by atoms with Gasteiger partial charge in [-0.15, -0.1) is 10.2 Å². The minimum Gasteiger partial charge on any atom is -0.383 e. The van der Waals surface area contributed by atoms with Crippen molar-refractivity contribution < 1.29 is 19.2 Å². The maximum atomic E-state index is 12.2. The highest BCUT2D eigenvalue weighted by Gasteiger charge is 2.14. The predicted molar refractivity (Wildman–Crippen MR) is 111 cm³/mol. The molecule has 28 heavy (non-hydrogen) atoms. The van der Waals surface area contributed by atoms with Crippen LogP contribution in [0.1, 0.15) is 5.56 Å². The molecule has 0 radical (unpaired) electrons. The van der Waals surface area contributed by atoms with Crippen LogP contribution in [0.3, 0.4) is 0 Å². The van der Waals surface area contributed by atoms with Crippen LogP contribution in [0.25, 0.3) is 0 Å². The fourth-order valence-corrected chi connectivity index (χ4v) is 4.33. The van der Waals surface area contributed by atoms with E-state index in [4.69, 9.17) is 9.47 Å². The summed E-state index contributed by atoms with van der Waals surface area (Å²) in [6.07, 6.45) is 0. The van der Waals surface area contributed by atoms with Crippen molar-refractivity contribution in [3.05, 3.63) is 29.8 Å². The van der Waals surface area contributed by atoms with Gasteiger partial charge in [0.05, 0.1) is 25.6 Å². The van der Waals surface area contributed by atoms with E-state index in [9.17, 15) is 4.79 Å². The summed E-state index contributed by atoms with van der Waals surface area (Å²) in [5.74, 6) is 0.243. The number of nitrogens with one attached hydrogen (secondary N) is 3. The number of benzene rings is 1. The molecule has 0 spiro atoms. The molecule has 2 heterocycles. The van der Waals surface area contributed by atoms with Crippen LogP contribution >= 0.6 is 23.1 Å².